The number of carbonyl (C=O) groups is 3. The number of benzene rings is 2. The lowest BCUT2D eigenvalue weighted by Crippen LogP contribution is -2.38. The fraction of sp³-hybridized carbons (Fsp3) is 0.348. The summed E-state index contributed by atoms with van der Waals surface area (Å²) in [6, 6.07) is 12.4. The zero-order chi connectivity index (χ0) is 23.0. The molecule has 0 bridgehead atoms. The van der Waals surface area contributed by atoms with Crippen molar-refractivity contribution in [2.45, 2.75) is 51.8 Å². The molecule has 0 spiro atoms. The van der Waals surface area contributed by atoms with Gasteiger partial charge in [-0.05, 0) is 43.5 Å². The number of urea groups is 1. The number of nitrogens with one attached hydrogen (secondary N) is 2. The zero-order valence-electron chi connectivity index (χ0n) is 17.9. The van der Waals surface area contributed by atoms with E-state index in [1.54, 1.807) is 38.1 Å². The van der Waals surface area contributed by atoms with Crippen LogP contribution >= 0.6 is 11.6 Å². The predicted molar refractivity (Wildman–Crippen MR) is 119 cm³/mol. The Morgan fingerprint density at radius 1 is 0.935 bits per heavy atom. The number of amides is 3. The van der Waals surface area contributed by atoms with Gasteiger partial charge in [0.05, 0.1) is 31.0 Å². The molecule has 0 aliphatic carbocycles. The number of nitrogens with two attached hydrogens (primary N) is 1. The summed E-state index contributed by atoms with van der Waals surface area (Å²) >= 11 is 6.31. The molecule has 3 amide bonds. The first kappa shape index (κ1) is 24.2. The number of halogens is 1. The molecule has 0 unspecified atom stereocenters. The summed E-state index contributed by atoms with van der Waals surface area (Å²) in [6.07, 6.45) is -0.416. The van der Waals surface area contributed by atoms with Crippen LogP contribution in [0.25, 0.3) is 0 Å². The van der Waals surface area contributed by atoms with Crippen molar-refractivity contribution < 1.29 is 19.1 Å². The SMILES string of the molecule is Cc1ccccc1[C@H](CC(=O)N[C@H](CC(=O)OC(C)C)c1ccccc1Cl)NC(N)=O. The van der Waals surface area contributed by atoms with Gasteiger partial charge in [0.1, 0.15) is 0 Å². The fourth-order valence-corrected chi connectivity index (χ4v) is 3.57. The first-order valence-electron chi connectivity index (χ1n) is 10.0. The minimum Gasteiger partial charge on any atom is -0.463 e. The molecule has 7 nitrogen and oxygen atoms in total. The Balaban J connectivity index is 2.22. The standard InChI is InChI=1S/C23H28ClN3O4/c1-14(2)31-22(29)13-20(17-10-6-7-11-18(17)24)26-21(28)12-19(27-23(25)30)16-9-5-4-8-15(16)3/h4-11,14,19-20H,12-13H2,1-3H3,(H,26,28)(H3,25,27,30)/t19-,20+/m0/s1. The van der Waals surface area contributed by atoms with Gasteiger partial charge in [-0.15, -0.1) is 0 Å². The Bertz CT molecular complexity index is 933. The van der Waals surface area contributed by atoms with Gasteiger partial charge in [0.2, 0.25) is 5.91 Å². The second kappa shape index (κ2) is 11.4. The summed E-state index contributed by atoms with van der Waals surface area (Å²) in [7, 11) is 0. The molecule has 2 rings (SSSR count). The topological polar surface area (TPSA) is 111 Å². The number of esters is 1. The van der Waals surface area contributed by atoms with Gasteiger partial charge in [0.15, 0.2) is 0 Å². The first-order valence-corrected chi connectivity index (χ1v) is 10.4. The highest BCUT2D eigenvalue weighted by atomic mass is 35.5. The van der Waals surface area contributed by atoms with Gasteiger partial charge in [0, 0.05) is 5.02 Å². The van der Waals surface area contributed by atoms with Crippen molar-refractivity contribution in [3.63, 3.8) is 0 Å². The van der Waals surface area contributed by atoms with Crippen LogP contribution in [0.1, 0.15) is 55.5 Å². The average Bonchev–Trinajstić information content (AvgIpc) is 2.66. The van der Waals surface area contributed by atoms with E-state index >= 15 is 0 Å². The van der Waals surface area contributed by atoms with Gasteiger partial charge in [-0.2, -0.15) is 0 Å². The Labute approximate surface area is 187 Å². The molecule has 0 aromatic heterocycles. The minimum absolute atomic E-state index is 0.0615. The Kier molecular flexibility index (Phi) is 8.88. The van der Waals surface area contributed by atoms with Gasteiger partial charge < -0.3 is 21.1 Å². The van der Waals surface area contributed by atoms with E-state index in [1.807, 2.05) is 31.2 Å². The van der Waals surface area contributed by atoms with Crippen molar-refractivity contribution in [3.05, 3.63) is 70.2 Å². The van der Waals surface area contributed by atoms with Gasteiger partial charge in [-0.1, -0.05) is 54.1 Å². The summed E-state index contributed by atoms with van der Waals surface area (Å²) in [5.41, 5.74) is 7.62. The van der Waals surface area contributed by atoms with Crippen molar-refractivity contribution in [2.24, 2.45) is 5.73 Å². The van der Waals surface area contributed by atoms with Gasteiger partial charge in [-0.3, -0.25) is 9.59 Å². The minimum atomic E-state index is -0.732. The molecule has 2 aromatic carbocycles. The fourth-order valence-electron chi connectivity index (χ4n) is 3.30. The second-order valence-electron chi connectivity index (χ2n) is 7.51. The molecule has 0 saturated carbocycles. The maximum atomic E-state index is 12.9. The lowest BCUT2D eigenvalue weighted by atomic mass is 9.97. The van der Waals surface area contributed by atoms with Crippen LogP contribution < -0.4 is 16.4 Å². The first-order chi connectivity index (χ1) is 14.7. The van der Waals surface area contributed by atoms with Crippen LogP contribution in [0.5, 0.6) is 0 Å². The van der Waals surface area contributed by atoms with Gasteiger partial charge in [-0.25, -0.2) is 4.79 Å². The molecule has 4 N–H and O–H groups in total. The maximum Gasteiger partial charge on any atom is 0.312 e. The monoisotopic (exact) mass is 445 g/mol. The van der Waals surface area contributed by atoms with Crippen LogP contribution in [0.4, 0.5) is 4.79 Å². The van der Waals surface area contributed by atoms with Crippen LogP contribution in [-0.4, -0.2) is 24.0 Å². The number of hydrogen-bond acceptors (Lipinski definition) is 4. The molecule has 166 valence electrons. The largest absolute Gasteiger partial charge is 0.463 e. The van der Waals surface area contributed by atoms with Crippen LogP contribution in [0.3, 0.4) is 0 Å². The van der Waals surface area contributed by atoms with E-state index in [9.17, 15) is 14.4 Å². The summed E-state index contributed by atoms with van der Waals surface area (Å²) < 4.78 is 5.24. The Morgan fingerprint density at radius 3 is 2.10 bits per heavy atom. The highest BCUT2D eigenvalue weighted by Crippen LogP contribution is 2.27. The molecule has 0 aliphatic rings. The third kappa shape index (κ3) is 7.61. The van der Waals surface area contributed by atoms with Crippen molar-refractivity contribution in [1.82, 2.24) is 10.6 Å². The van der Waals surface area contributed by atoms with E-state index in [1.165, 1.54) is 0 Å². The molecule has 0 heterocycles. The van der Waals surface area contributed by atoms with Crippen LogP contribution in [0.2, 0.25) is 5.02 Å². The van der Waals surface area contributed by atoms with E-state index in [-0.39, 0.29) is 24.9 Å². The molecule has 0 saturated heterocycles. The summed E-state index contributed by atoms with van der Waals surface area (Å²) in [4.78, 5) is 36.7. The highest BCUT2D eigenvalue weighted by molar-refractivity contribution is 6.31. The van der Waals surface area contributed by atoms with Crippen LogP contribution in [0, 0.1) is 6.92 Å². The second-order valence-corrected chi connectivity index (χ2v) is 7.91. The number of hydrogen-bond donors (Lipinski definition) is 3. The van der Waals surface area contributed by atoms with Crippen molar-refractivity contribution in [1.29, 1.82) is 0 Å². The van der Waals surface area contributed by atoms with Crippen molar-refractivity contribution in [2.75, 3.05) is 0 Å². The molecule has 0 aliphatic heterocycles. The number of ether oxygens (including phenoxy) is 1. The quantitative estimate of drug-likeness (QED) is 0.507. The summed E-state index contributed by atoms with van der Waals surface area (Å²) in [5, 5.41) is 5.90. The van der Waals surface area contributed by atoms with E-state index in [0.29, 0.717) is 10.6 Å². The summed E-state index contributed by atoms with van der Waals surface area (Å²) in [5.74, 6) is -0.824. The Morgan fingerprint density at radius 2 is 1.52 bits per heavy atom. The average molecular weight is 446 g/mol. The highest BCUT2D eigenvalue weighted by Gasteiger charge is 2.25. The number of aryl methyl sites for hydroxylation is 1. The molecular formula is C23H28ClN3O4. The number of carbonyl (C=O) groups excluding carboxylic acids is 3. The molecule has 8 heteroatoms. The normalized spacial score (nSPS) is 12.7. The molecule has 2 aromatic rings. The van der Waals surface area contributed by atoms with E-state index in [4.69, 9.17) is 22.1 Å². The molecule has 31 heavy (non-hydrogen) atoms. The zero-order valence-corrected chi connectivity index (χ0v) is 18.6. The molecular weight excluding hydrogens is 418 g/mol. The lowest BCUT2D eigenvalue weighted by molar-refractivity contribution is -0.148. The summed E-state index contributed by atoms with van der Waals surface area (Å²) in [6.45, 7) is 5.39. The smallest absolute Gasteiger partial charge is 0.312 e. The van der Waals surface area contributed by atoms with E-state index in [2.05, 4.69) is 10.6 Å². The lowest BCUT2D eigenvalue weighted by Gasteiger charge is -2.23. The molecule has 0 radical (unpaired) electrons. The van der Waals surface area contributed by atoms with Gasteiger partial charge >= 0.3 is 12.0 Å². The molecule has 2 atom stereocenters. The third-order valence-corrected chi connectivity index (χ3v) is 4.97. The molecule has 0 fully saturated rings. The van der Waals surface area contributed by atoms with Crippen molar-refractivity contribution >= 4 is 29.5 Å². The predicted octanol–water partition coefficient (Wildman–Crippen LogP) is 3.95. The number of rotatable bonds is 9. The van der Waals surface area contributed by atoms with Crippen molar-refractivity contribution in [3.8, 4) is 0 Å². The van der Waals surface area contributed by atoms with E-state index in [0.717, 1.165) is 11.1 Å². The number of primary amides is 1. The van der Waals surface area contributed by atoms with Crippen LogP contribution in [0.15, 0.2) is 48.5 Å². The van der Waals surface area contributed by atoms with Crippen LogP contribution in [-0.2, 0) is 14.3 Å². The maximum absolute atomic E-state index is 12.9. The Hall–Kier alpha value is -3.06. The third-order valence-electron chi connectivity index (χ3n) is 4.62. The van der Waals surface area contributed by atoms with Gasteiger partial charge in [0.25, 0.3) is 0 Å². The van der Waals surface area contributed by atoms with E-state index < -0.39 is 24.1 Å².